The Balaban J connectivity index is 1.28. The summed E-state index contributed by atoms with van der Waals surface area (Å²) in [6, 6.07) is 11.3. The van der Waals surface area contributed by atoms with E-state index in [9.17, 15) is 9.59 Å². The Kier molecular flexibility index (Phi) is 5.28. The highest BCUT2D eigenvalue weighted by Crippen LogP contribution is 2.20. The number of pyridine rings is 2. The Labute approximate surface area is 186 Å². The summed E-state index contributed by atoms with van der Waals surface area (Å²) in [6.07, 6.45) is 3.97. The van der Waals surface area contributed by atoms with Gasteiger partial charge in [0, 0.05) is 29.9 Å². The Morgan fingerprint density at radius 3 is 2.91 bits per heavy atom. The molecule has 0 fully saturated rings. The minimum atomic E-state index is -0.184. The van der Waals surface area contributed by atoms with Gasteiger partial charge in [-0.25, -0.2) is 19.1 Å². The number of nitrogens with zero attached hydrogens (tertiary/aromatic N) is 6. The number of aryl methyl sites for hydroxylation is 2. The highest BCUT2D eigenvalue weighted by molar-refractivity contribution is 7.09. The van der Waals surface area contributed by atoms with Gasteiger partial charge in [-0.05, 0) is 43.0 Å². The molecule has 0 aliphatic rings. The van der Waals surface area contributed by atoms with Crippen molar-refractivity contribution in [3.63, 3.8) is 0 Å². The molecule has 0 saturated carbocycles. The van der Waals surface area contributed by atoms with E-state index in [1.807, 2.05) is 29.1 Å². The van der Waals surface area contributed by atoms with E-state index in [1.54, 1.807) is 41.9 Å². The van der Waals surface area contributed by atoms with Gasteiger partial charge in [0.25, 0.3) is 5.91 Å². The molecule has 1 amide bonds. The Bertz CT molecular complexity index is 1460. The SMILES string of the molecule is Cc1cc(C(=O)NCCCn2nc3ccccn3c2=O)c2cnn(Cc3cccs3)c2n1. The van der Waals surface area contributed by atoms with Crippen LogP contribution in [0, 0.1) is 6.92 Å². The second-order valence-corrected chi connectivity index (χ2v) is 8.51. The highest BCUT2D eigenvalue weighted by Gasteiger charge is 2.16. The van der Waals surface area contributed by atoms with Crippen LogP contribution in [0.2, 0.25) is 0 Å². The van der Waals surface area contributed by atoms with Gasteiger partial charge in [0.15, 0.2) is 11.3 Å². The molecule has 0 radical (unpaired) electrons. The maximum absolute atomic E-state index is 12.9. The van der Waals surface area contributed by atoms with Crippen LogP contribution in [0.5, 0.6) is 0 Å². The zero-order valence-electron chi connectivity index (χ0n) is 17.4. The van der Waals surface area contributed by atoms with Gasteiger partial charge in [0.05, 0.1) is 23.7 Å². The number of thiophene rings is 1. The number of carbonyl (C=O) groups excluding carboxylic acids is 1. The highest BCUT2D eigenvalue weighted by atomic mass is 32.1. The number of hydrogen-bond donors (Lipinski definition) is 1. The van der Waals surface area contributed by atoms with Crippen LogP contribution in [0.25, 0.3) is 16.7 Å². The van der Waals surface area contributed by atoms with Crippen LogP contribution in [0.4, 0.5) is 0 Å². The molecule has 9 nitrogen and oxygen atoms in total. The lowest BCUT2D eigenvalue weighted by molar-refractivity contribution is 0.0954. The summed E-state index contributed by atoms with van der Waals surface area (Å²) in [5.41, 5.74) is 2.42. The second kappa shape index (κ2) is 8.39. The van der Waals surface area contributed by atoms with Gasteiger partial charge >= 0.3 is 5.69 Å². The van der Waals surface area contributed by atoms with Gasteiger partial charge < -0.3 is 5.32 Å². The first kappa shape index (κ1) is 20.1. The quantitative estimate of drug-likeness (QED) is 0.387. The van der Waals surface area contributed by atoms with Crippen LogP contribution < -0.4 is 11.0 Å². The molecule has 162 valence electrons. The van der Waals surface area contributed by atoms with E-state index in [-0.39, 0.29) is 11.6 Å². The predicted octanol–water partition coefficient (Wildman–Crippen LogP) is 2.48. The molecule has 0 atom stereocenters. The van der Waals surface area contributed by atoms with Crippen molar-refractivity contribution in [2.24, 2.45) is 0 Å². The largest absolute Gasteiger partial charge is 0.352 e. The summed E-state index contributed by atoms with van der Waals surface area (Å²) >= 11 is 1.66. The second-order valence-electron chi connectivity index (χ2n) is 7.47. The number of rotatable bonds is 7. The third-order valence-electron chi connectivity index (χ3n) is 5.19. The summed E-state index contributed by atoms with van der Waals surface area (Å²) in [5.74, 6) is -0.182. The molecule has 0 bridgehead atoms. The smallest absolute Gasteiger partial charge is 0.350 e. The molecule has 0 unspecified atom stereocenters. The fraction of sp³-hybridized carbons (Fsp3) is 0.227. The summed E-state index contributed by atoms with van der Waals surface area (Å²) in [4.78, 5) is 31.0. The molecule has 0 aliphatic heterocycles. The predicted molar refractivity (Wildman–Crippen MR) is 122 cm³/mol. The average Bonchev–Trinajstić information content (AvgIpc) is 3.52. The van der Waals surface area contributed by atoms with E-state index >= 15 is 0 Å². The number of carbonyl (C=O) groups is 1. The Morgan fingerprint density at radius 1 is 1.19 bits per heavy atom. The first-order valence-corrected chi connectivity index (χ1v) is 11.2. The van der Waals surface area contributed by atoms with E-state index in [0.29, 0.717) is 42.9 Å². The number of amides is 1. The van der Waals surface area contributed by atoms with Crippen molar-refractivity contribution >= 4 is 33.9 Å². The molecule has 5 aromatic rings. The maximum atomic E-state index is 12.9. The van der Waals surface area contributed by atoms with Gasteiger partial charge in [-0.3, -0.25) is 9.20 Å². The van der Waals surface area contributed by atoms with Crippen molar-refractivity contribution in [3.8, 4) is 0 Å². The summed E-state index contributed by atoms with van der Waals surface area (Å²) < 4.78 is 4.74. The van der Waals surface area contributed by atoms with Crippen molar-refractivity contribution in [3.05, 3.63) is 80.8 Å². The Morgan fingerprint density at radius 2 is 2.09 bits per heavy atom. The van der Waals surface area contributed by atoms with Gasteiger partial charge in [0.1, 0.15) is 0 Å². The molecule has 32 heavy (non-hydrogen) atoms. The standard InChI is InChI=1S/C22H21N7O2S/c1-15-12-17(18-13-24-29(20(18)25-15)14-16-6-4-11-32-16)21(30)23-8-5-10-28-22(31)27-9-3-2-7-19(27)26-28/h2-4,6-7,9,11-13H,5,8,10,14H2,1H3,(H,23,30). The van der Waals surface area contributed by atoms with Gasteiger partial charge in [-0.15, -0.1) is 16.4 Å². The van der Waals surface area contributed by atoms with Crippen LogP contribution in [0.3, 0.4) is 0 Å². The number of nitrogens with one attached hydrogen (secondary N) is 1. The molecule has 5 rings (SSSR count). The molecule has 5 aromatic heterocycles. The third kappa shape index (κ3) is 3.80. The lowest BCUT2D eigenvalue weighted by Gasteiger charge is -2.08. The number of fused-ring (bicyclic) bond motifs is 2. The van der Waals surface area contributed by atoms with E-state index < -0.39 is 0 Å². The topological polar surface area (TPSA) is 99.1 Å². The Hall–Kier alpha value is -3.79. The zero-order valence-corrected chi connectivity index (χ0v) is 18.2. The molecule has 10 heteroatoms. The van der Waals surface area contributed by atoms with E-state index in [1.165, 1.54) is 14.0 Å². The third-order valence-corrected chi connectivity index (χ3v) is 6.05. The minimum absolute atomic E-state index is 0.182. The fourth-order valence-corrected chi connectivity index (χ4v) is 4.35. The van der Waals surface area contributed by atoms with Crippen molar-refractivity contribution in [2.75, 3.05) is 6.54 Å². The lowest BCUT2D eigenvalue weighted by atomic mass is 10.1. The molecule has 0 saturated heterocycles. The minimum Gasteiger partial charge on any atom is -0.352 e. The molecule has 0 spiro atoms. The normalized spacial score (nSPS) is 11.4. The van der Waals surface area contributed by atoms with Crippen LogP contribution in [-0.4, -0.2) is 41.4 Å². The molecule has 5 heterocycles. The average molecular weight is 448 g/mol. The van der Waals surface area contributed by atoms with Crippen LogP contribution >= 0.6 is 11.3 Å². The molecule has 1 N–H and O–H groups in total. The fourth-order valence-electron chi connectivity index (χ4n) is 3.67. The summed E-state index contributed by atoms with van der Waals surface area (Å²) in [5, 5.41) is 14.5. The van der Waals surface area contributed by atoms with E-state index in [0.717, 1.165) is 11.1 Å². The maximum Gasteiger partial charge on any atom is 0.350 e. The molecular weight excluding hydrogens is 426 g/mol. The van der Waals surface area contributed by atoms with Crippen LogP contribution in [0.1, 0.15) is 27.3 Å². The van der Waals surface area contributed by atoms with E-state index in [4.69, 9.17) is 0 Å². The lowest BCUT2D eigenvalue weighted by Crippen LogP contribution is -2.27. The van der Waals surface area contributed by atoms with E-state index in [2.05, 4.69) is 26.6 Å². The number of aromatic nitrogens is 6. The van der Waals surface area contributed by atoms with Crippen molar-refractivity contribution in [1.29, 1.82) is 0 Å². The van der Waals surface area contributed by atoms with Crippen molar-refractivity contribution < 1.29 is 4.79 Å². The first-order valence-electron chi connectivity index (χ1n) is 10.3. The summed E-state index contributed by atoms with van der Waals surface area (Å²) in [6.45, 7) is 3.33. The van der Waals surface area contributed by atoms with Crippen LogP contribution in [0.15, 0.2) is 59.0 Å². The number of hydrogen-bond acceptors (Lipinski definition) is 6. The van der Waals surface area contributed by atoms with Gasteiger partial charge in [0.2, 0.25) is 0 Å². The van der Waals surface area contributed by atoms with Gasteiger partial charge in [-0.2, -0.15) is 5.10 Å². The molecule has 0 aromatic carbocycles. The zero-order chi connectivity index (χ0) is 22.1. The van der Waals surface area contributed by atoms with Crippen molar-refractivity contribution in [2.45, 2.75) is 26.4 Å². The monoisotopic (exact) mass is 447 g/mol. The first-order chi connectivity index (χ1) is 15.6. The van der Waals surface area contributed by atoms with Crippen molar-refractivity contribution in [1.82, 2.24) is 34.3 Å². The summed E-state index contributed by atoms with van der Waals surface area (Å²) in [7, 11) is 0. The van der Waals surface area contributed by atoms with Crippen LogP contribution in [-0.2, 0) is 13.1 Å². The molecular formula is C22H21N7O2S. The molecule has 0 aliphatic carbocycles. The van der Waals surface area contributed by atoms with Gasteiger partial charge in [-0.1, -0.05) is 12.1 Å².